The molecular formula is C19H20BrNO4. The highest BCUT2D eigenvalue weighted by Gasteiger charge is 2.11. The zero-order chi connectivity index (χ0) is 18.2. The zero-order valence-electron chi connectivity index (χ0n) is 14.1. The number of ether oxygens (including phenoxy) is 2. The van der Waals surface area contributed by atoms with E-state index >= 15 is 0 Å². The van der Waals surface area contributed by atoms with Gasteiger partial charge in [-0.2, -0.15) is 0 Å². The fraction of sp³-hybridized carbons (Fsp3) is 0.263. The molecule has 2 aromatic carbocycles. The van der Waals surface area contributed by atoms with Crippen LogP contribution in [0.3, 0.4) is 0 Å². The minimum atomic E-state index is -0.543. The molecule has 1 amide bonds. The maximum atomic E-state index is 12.0. The summed E-state index contributed by atoms with van der Waals surface area (Å²) in [7, 11) is 0. The van der Waals surface area contributed by atoms with Crippen LogP contribution < -0.4 is 5.32 Å². The van der Waals surface area contributed by atoms with Crippen LogP contribution in [0.5, 0.6) is 0 Å². The van der Waals surface area contributed by atoms with Crippen LogP contribution >= 0.6 is 15.9 Å². The molecule has 25 heavy (non-hydrogen) atoms. The lowest BCUT2D eigenvalue weighted by molar-refractivity contribution is -0.119. The number of amides is 1. The average molecular weight is 406 g/mol. The third-order valence-corrected chi connectivity index (χ3v) is 3.95. The fourth-order valence-electron chi connectivity index (χ4n) is 1.96. The van der Waals surface area contributed by atoms with Gasteiger partial charge in [-0.1, -0.05) is 24.3 Å². The monoisotopic (exact) mass is 405 g/mol. The van der Waals surface area contributed by atoms with Crippen LogP contribution in [-0.2, 0) is 20.9 Å². The summed E-state index contributed by atoms with van der Waals surface area (Å²) in [5.74, 6) is -0.944. The Bertz CT molecular complexity index is 728. The van der Waals surface area contributed by atoms with Gasteiger partial charge < -0.3 is 14.8 Å². The Hall–Kier alpha value is -2.18. The van der Waals surface area contributed by atoms with Gasteiger partial charge in [0.1, 0.15) is 0 Å². The Morgan fingerprint density at radius 1 is 1.08 bits per heavy atom. The molecule has 2 aromatic rings. The maximum absolute atomic E-state index is 12.0. The van der Waals surface area contributed by atoms with Crippen molar-refractivity contribution in [3.63, 3.8) is 0 Å². The topological polar surface area (TPSA) is 64.6 Å². The number of benzene rings is 2. The normalized spacial score (nSPS) is 10.6. The minimum Gasteiger partial charge on any atom is -0.452 e. The highest BCUT2D eigenvalue weighted by molar-refractivity contribution is 9.10. The van der Waals surface area contributed by atoms with Gasteiger partial charge >= 0.3 is 5.97 Å². The molecule has 0 unspecified atom stereocenters. The quantitative estimate of drug-likeness (QED) is 0.701. The average Bonchev–Trinajstić information content (AvgIpc) is 2.60. The fourth-order valence-corrected chi connectivity index (χ4v) is 2.35. The highest BCUT2D eigenvalue weighted by Crippen LogP contribution is 2.21. The Kier molecular flexibility index (Phi) is 7.16. The Morgan fingerprint density at radius 3 is 2.40 bits per heavy atom. The van der Waals surface area contributed by atoms with Crippen molar-refractivity contribution in [2.75, 3.05) is 11.9 Å². The maximum Gasteiger partial charge on any atom is 0.338 e. The Balaban J connectivity index is 1.83. The van der Waals surface area contributed by atoms with Gasteiger partial charge in [0.25, 0.3) is 5.91 Å². The first-order valence-electron chi connectivity index (χ1n) is 7.87. The van der Waals surface area contributed by atoms with Gasteiger partial charge in [-0.05, 0) is 59.6 Å². The van der Waals surface area contributed by atoms with E-state index in [9.17, 15) is 9.59 Å². The first-order chi connectivity index (χ1) is 12.0. The molecule has 0 aliphatic heterocycles. The predicted molar refractivity (Wildman–Crippen MR) is 99.4 cm³/mol. The van der Waals surface area contributed by atoms with E-state index in [0.717, 1.165) is 10.0 Å². The lowest BCUT2D eigenvalue weighted by atomic mass is 10.1. The molecule has 0 atom stereocenters. The molecule has 0 spiro atoms. The molecule has 2 rings (SSSR count). The molecule has 0 aromatic heterocycles. The van der Waals surface area contributed by atoms with Crippen LogP contribution in [0.4, 0.5) is 5.69 Å². The Morgan fingerprint density at radius 2 is 1.76 bits per heavy atom. The van der Waals surface area contributed by atoms with Gasteiger partial charge in [0, 0.05) is 4.47 Å². The molecule has 0 radical (unpaired) electrons. The largest absolute Gasteiger partial charge is 0.452 e. The van der Waals surface area contributed by atoms with Crippen molar-refractivity contribution in [2.45, 2.75) is 26.6 Å². The Labute approximate surface area is 155 Å². The summed E-state index contributed by atoms with van der Waals surface area (Å²) < 4.78 is 11.3. The molecule has 1 N–H and O–H groups in total. The van der Waals surface area contributed by atoms with Gasteiger partial charge in [-0.15, -0.1) is 0 Å². The second kappa shape index (κ2) is 9.34. The number of anilines is 1. The first kappa shape index (κ1) is 19.1. The lowest BCUT2D eigenvalue weighted by Gasteiger charge is -2.09. The summed E-state index contributed by atoms with van der Waals surface area (Å²) in [6.07, 6.45) is 0.146. The van der Waals surface area contributed by atoms with Crippen LogP contribution in [0.1, 0.15) is 29.8 Å². The lowest BCUT2D eigenvalue weighted by Crippen LogP contribution is -2.21. The van der Waals surface area contributed by atoms with Crippen molar-refractivity contribution in [3.8, 4) is 0 Å². The number of nitrogens with one attached hydrogen (secondary N) is 1. The molecule has 5 nitrogen and oxygen atoms in total. The van der Waals surface area contributed by atoms with Crippen molar-refractivity contribution < 1.29 is 19.1 Å². The van der Waals surface area contributed by atoms with Crippen molar-refractivity contribution in [2.24, 2.45) is 0 Å². The number of halogens is 1. The van der Waals surface area contributed by atoms with Gasteiger partial charge in [0.05, 0.1) is 24.0 Å². The van der Waals surface area contributed by atoms with E-state index in [4.69, 9.17) is 9.47 Å². The molecule has 0 bridgehead atoms. The molecular weight excluding hydrogens is 386 g/mol. The molecule has 0 aliphatic carbocycles. The van der Waals surface area contributed by atoms with Crippen LogP contribution in [0.2, 0.25) is 0 Å². The molecule has 0 heterocycles. The van der Waals surface area contributed by atoms with Crippen LogP contribution in [0.25, 0.3) is 0 Å². The predicted octanol–water partition coefficient (Wildman–Crippen LogP) is 4.17. The minimum absolute atomic E-state index is 0.146. The van der Waals surface area contributed by atoms with Crippen LogP contribution in [0, 0.1) is 0 Å². The molecule has 0 saturated carbocycles. The summed E-state index contributed by atoms with van der Waals surface area (Å²) in [5, 5.41) is 2.67. The SMILES string of the molecule is CC(C)OCc1ccc(C(=O)OCC(=O)Nc2ccccc2Br)cc1. The summed E-state index contributed by atoms with van der Waals surface area (Å²) >= 11 is 3.34. The van der Waals surface area contributed by atoms with E-state index in [1.807, 2.05) is 26.0 Å². The molecule has 0 aliphatic rings. The van der Waals surface area contributed by atoms with Crippen molar-refractivity contribution >= 4 is 33.5 Å². The number of rotatable bonds is 7. The van der Waals surface area contributed by atoms with Gasteiger partial charge in [-0.3, -0.25) is 4.79 Å². The van der Waals surface area contributed by atoms with Gasteiger partial charge in [-0.25, -0.2) is 4.79 Å². The number of hydrogen-bond donors (Lipinski definition) is 1. The smallest absolute Gasteiger partial charge is 0.338 e. The number of esters is 1. The second-order valence-electron chi connectivity index (χ2n) is 5.66. The van der Waals surface area contributed by atoms with Crippen LogP contribution in [-0.4, -0.2) is 24.6 Å². The zero-order valence-corrected chi connectivity index (χ0v) is 15.7. The van der Waals surface area contributed by atoms with Crippen molar-refractivity contribution in [1.82, 2.24) is 0 Å². The van der Waals surface area contributed by atoms with E-state index in [-0.39, 0.29) is 12.7 Å². The third-order valence-electron chi connectivity index (χ3n) is 3.26. The number of para-hydroxylation sites is 1. The first-order valence-corrected chi connectivity index (χ1v) is 8.67. The van der Waals surface area contributed by atoms with E-state index in [1.54, 1.807) is 36.4 Å². The van der Waals surface area contributed by atoms with Crippen LogP contribution in [0.15, 0.2) is 53.0 Å². The second-order valence-corrected chi connectivity index (χ2v) is 6.52. The van der Waals surface area contributed by atoms with Crippen molar-refractivity contribution in [3.05, 3.63) is 64.1 Å². The summed E-state index contributed by atoms with van der Waals surface area (Å²) in [5.41, 5.74) is 1.98. The van der Waals surface area contributed by atoms with E-state index in [1.165, 1.54) is 0 Å². The van der Waals surface area contributed by atoms with E-state index < -0.39 is 11.9 Å². The molecule has 0 saturated heterocycles. The third kappa shape index (κ3) is 6.32. The van der Waals surface area contributed by atoms with Gasteiger partial charge in [0.2, 0.25) is 0 Å². The standard InChI is InChI=1S/C19H20BrNO4/c1-13(2)24-11-14-7-9-15(10-8-14)19(23)25-12-18(22)21-17-6-4-3-5-16(17)20/h3-10,13H,11-12H2,1-2H3,(H,21,22). The van der Waals surface area contributed by atoms with Gasteiger partial charge in [0.15, 0.2) is 6.61 Å². The highest BCUT2D eigenvalue weighted by atomic mass is 79.9. The molecule has 0 fully saturated rings. The summed E-state index contributed by atoms with van der Waals surface area (Å²) in [6.45, 7) is 4.06. The number of hydrogen-bond acceptors (Lipinski definition) is 4. The van der Waals surface area contributed by atoms with Crippen molar-refractivity contribution in [1.29, 1.82) is 0 Å². The summed E-state index contributed by atoms with van der Waals surface area (Å²) in [6, 6.07) is 14.1. The molecule has 132 valence electrons. The van der Waals surface area contributed by atoms with E-state index in [0.29, 0.717) is 17.9 Å². The summed E-state index contributed by atoms with van der Waals surface area (Å²) in [4.78, 5) is 23.9. The van der Waals surface area contributed by atoms with E-state index in [2.05, 4.69) is 21.2 Å². The molecule has 6 heteroatoms. The number of carbonyl (C=O) groups excluding carboxylic acids is 2. The number of carbonyl (C=O) groups is 2.